The largest absolute Gasteiger partial charge is 3.00 e. The molecule has 0 saturated carbocycles. The Morgan fingerprint density at radius 2 is 1.00 bits per heavy atom. The maximum absolute atomic E-state index is 8.25. The van der Waals surface area contributed by atoms with Gasteiger partial charge in [0.1, 0.15) is 0 Å². The van der Waals surface area contributed by atoms with Crippen LogP contribution in [0.3, 0.4) is 0 Å². The summed E-state index contributed by atoms with van der Waals surface area (Å²) in [5, 5.41) is 14.8. The van der Waals surface area contributed by atoms with Crippen molar-refractivity contribution in [2.24, 2.45) is 0 Å². The minimum atomic E-state index is -1.75. The van der Waals surface area contributed by atoms with Gasteiger partial charge < -0.3 is 52.5 Å². The average Bonchev–Trinajstić information content (AvgIpc) is 0.811. The van der Waals surface area contributed by atoms with Crippen molar-refractivity contribution in [1.29, 1.82) is 0 Å². The summed E-state index contributed by atoms with van der Waals surface area (Å²) in [6, 6.07) is 0. The van der Waals surface area contributed by atoms with E-state index in [4.69, 9.17) is 15.3 Å². The van der Waals surface area contributed by atoms with Crippen molar-refractivity contribution >= 4 is 19.8 Å². The van der Waals surface area contributed by atoms with Gasteiger partial charge in [0.15, 0.2) is 0 Å². The topological polar surface area (TPSA) is 66.2 Å². The average molecular weight is 277 g/mol. The molecular weight excluding hydrogens is 277 g/mol. The predicted molar refractivity (Wildman–Crippen MR) is 16.1 cm³/mol. The molecule has 0 bridgehead atoms. The van der Waals surface area contributed by atoms with Gasteiger partial charge in [-0.25, -0.2) is 0 Å². The second-order valence-electron chi connectivity index (χ2n) is 0.224. The van der Waals surface area contributed by atoms with Crippen LogP contribution in [0.2, 0.25) is 0 Å². The van der Waals surface area contributed by atoms with Crippen LogP contribution in [0.5, 0.6) is 0 Å². The van der Waals surface area contributed by atoms with Crippen molar-refractivity contribution in [3.05, 3.63) is 15.3 Å². The van der Waals surface area contributed by atoms with Crippen LogP contribution in [0.15, 0.2) is 0 Å². The number of rotatable bonds is 0. The van der Waals surface area contributed by atoms with E-state index in [1.54, 1.807) is 0 Å². The first-order chi connectivity index (χ1) is 1.73. The van der Waals surface area contributed by atoms with E-state index in [1.807, 2.05) is 0 Å². The molecule has 4 nitrogen and oxygen atoms in total. The monoisotopic (exact) mass is 275 g/mol. The minimum absolute atomic E-state index is 0. The van der Waals surface area contributed by atoms with Crippen LogP contribution in [-0.4, -0.2) is 24.9 Å². The van der Waals surface area contributed by atoms with Crippen LogP contribution in [0.4, 0.5) is 0 Å². The molecule has 9 heavy (non-hydrogen) atoms. The fourth-order valence-corrected chi connectivity index (χ4v) is 0. The van der Waals surface area contributed by atoms with Gasteiger partial charge in [-0.3, -0.25) is 0 Å². The third-order valence-corrected chi connectivity index (χ3v) is 0. The molecule has 0 saturated heterocycles. The Morgan fingerprint density at radius 3 is 1.00 bits per heavy atom. The summed E-state index contributed by atoms with van der Waals surface area (Å²) in [6.45, 7) is 0. The maximum atomic E-state index is 8.25. The van der Waals surface area contributed by atoms with Gasteiger partial charge in [-0.15, -0.1) is 0 Å². The van der Waals surface area contributed by atoms with E-state index in [2.05, 4.69) is 0 Å². The van der Waals surface area contributed by atoms with Gasteiger partial charge in [0.05, 0.1) is 5.09 Å². The van der Waals surface area contributed by atoms with Crippen LogP contribution in [0.25, 0.3) is 0 Å². The maximum Gasteiger partial charge on any atom is 3.00 e. The Balaban J connectivity index is -0.00000000450. The van der Waals surface area contributed by atoms with E-state index >= 15 is 0 Å². The molecule has 0 aromatic carbocycles. The molecule has 0 N–H and O–H groups in total. The minimum Gasteiger partial charge on any atom is -1.00 e. The third-order valence-electron chi connectivity index (χ3n) is 0. The fourth-order valence-electron chi connectivity index (χ4n) is 0. The summed E-state index contributed by atoms with van der Waals surface area (Å²) in [6.07, 6.45) is 0. The van der Waals surface area contributed by atoms with Crippen molar-refractivity contribution in [3.8, 4) is 0 Å². The van der Waals surface area contributed by atoms with E-state index in [1.165, 1.54) is 0 Å². The van der Waals surface area contributed by atoms with Gasteiger partial charge in [0, 0.05) is 0 Å². The molecule has 48 valence electrons. The van der Waals surface area contributed by atoms with Gasteiger partial charge in [-0.05, 0) is 0 Å². The third kappa shape index (κ3) is 131. The van der Waals surface area contributed by atoms with Crippen LogP contribution < -0.4 is 88.6 Å². The Bertz CT molecular complexity index is 42.0. The standard InChI is InChI=1S/3ClH.Ga.K.NO3/c;;;;;2-1(3)4/h3*1H;;;/q;;;+3;+1;-1/p-3. The van der Waals surface area contributed by atoms with E-state index < -0.39 is 5.09 Å². The normalized spacial score (nSPS) is 2.67. The second kappa shape index (κ2) is 31.6. The predicted octanol–water partition coefficient (Wildman–Crippen LogP) is -12.6. The van der Waals surface area contributed by atoms with E-state index in [9.17, 15) is 0 Å². The van der Waals surface area contributed by atoms with E-state index in [0.29, 0.717) is 0 Å². The quantitative estimate of drug-likeness (QED) is 0.251. The smallest absolute Gasteiger partial charge is 1.00 e. The summed E-state index contributed by atoms with van der Waals surface area (Å²) in [4.78, 5) is 8.25. The van der Waals surface area contributed by atoms with Crippen LogP contribution in [0.1, 0.15) is 0 Å². The molecule has 0 aliphatic heterocycles. The molecule has 0 rings (SSSR count). The molecule has 9 heteroatoms. The Morgan fingerprint density at radius 1 is 1.00 bits per heavy atom. The SMILES string of the molecule is O=[N+]([O-])[O-].[Cl-].[Cl-].[Cl-].[Ga+3].[K+]. The number of hydrogen-bond acceptors (Lipinski definition) is 3. The van der Waals surface area contributed by atoms with Gasteiger partial charge in [-0.2, -0.15) is 0 Å². The molecule has 0 spiro atoms. The Kier molecular flexibility index (Phi) is 149. The summed E-state index contributed by atoms with van der Waals surface area (Å²) >= 11 is 0. The summed E-state index contributed by atoms with van der Waals surface area (Å²) in [5.74, 6) is 0. The van der Waals surface area contributed by atoms with E-state index in [0.717, 1.165) is 0 Å². The number of halogens is 3. The first kappa shape index (κ1) is 42.5. The van der Waals surface area contributed by atoms with Crippen molar-refractivity contribution in [1.82, 2.24) is 0 Å². The summed E-state index contributed by atoms with van der Waals surface area (Å²) in [7, 11) is 0. The van der Waals surface area contributed by atoms with Crippen LogP contribution in [0, 0.1) is 15.3 Å². The molecule has 0 unspecified atom stereocenters. The Labute approximate surface area is 126 Å². The van der Waals surface area contributed by atoms with Crippen LogP contribution in [-0.2, 0) is 0 Å². The van der Waals surface area contributed by atoms with Crippen LogP contribution >= 0.6 is 0 Å². The first-order valence-corrected chi connectivity index (χ1v) is 0.548. The zero-order valence-electron chi connectivity index (χ0n) is 4.38. The molecule has 0 radical (unpaired) electrons. The molecule has 0 heterocycles. The summed E-state index contributed by atoms with van der Waals surface area (Å²) in [5.41, 5.74) is 0. The molecule has 0 aliphatic carbocycles. The van der Waals surface area contributed by atoms with Crippen molar-refractivity contribution < 1.29 is 93.7 Å². The van der Waals surface area contributed by atoms with Gasteiger partial charge in [0.2, 0.25) is 0 Å². The first-order valence-electron chi connectivity index (χ1n) is 0.548. The molecule has 0 amide bonds. The van der Waals surface area contributed by atoms with Crippen molar-refractivity contribution in [2.45, 2.75) is 0 Å². The van der Waals surface area contributed by atoms with E-state index in [-0.39, 0.29) is 108 Å². The second-order valence-corrected chi connectivity index (χ2v) is 0.224. The fraction of sp³-hybridized carbons (Fsp3) is 0. The van der Waals surface area contributed by atoms with Crippen molar-refractivity contribution in [2.75, 3.05) is 0 Å². The van der Waals surface area contributed by atoms with Gasteiger partial charge in [-0.1, -0.05) is 0 Å². The zero-order valence-corrected chi connectivity index (χ0v) is 12.2. The molecule has 0 aromatic rings. The molecular formula is Cl3GaKNO3. The van der Waals surface area contributed by atoms with Gasteiger partial charge >= 0.3 is 71.2 Å². The molecule has 0 fully saturated rings. The molecule has 0 atom stereocenters. The van der Waals surface area contributed by atoms with Crippen molar-refractivity contribution in [3.63, 3.8) is 0 Å². The number of hydrogen-bond donors (Lipinski definition) is 0. The molecule has 0 aromatic heterocycles. The Hall–Kier alpha value is 2.34. The summed E-state index contributed by atoms with van der Waals surface area (Å²) < 4.78 is 0. The molecule has 0 aliphatic rings. The number of nitrogens with zero attached hydrogens (tertiary/aromatic N) is 1. The zero-order chi connectivity index (χ0) is 3.58. The van der Waals surface area contributed by atoms with Gasteiger partial charge in [0.25, 0.3) is 0 Å².